The largest absolute Gasteiger partial charge is 0.497 e. The third-order valence-corrected chi connectivity index (χ3v) is 3.85. The van der Waals surface area contributed by atoms with Gasteiger partial charge in [0.1, 0.15) is 17.3 Å². The number of rotatable bonds is 5. The van der Waals surface area contributed by atoms with Gasteiger partial charge in [0.2, 0.25) is 0 Å². The van der Waals surface area contributed by atoms with Crippen molar-refractivity contribution >= 4 is 22.3 Å². The number of ether oxygens (including phenoxy) is 2. The molecule has 2 aromatic heterocycles. The van der Waals surface area contributed by atoms with Crippen LogP contribution in [0.1, 0.15) is 0 Å². The summed E-state index contributed by atoms with van der Waals surface area (Å²) in [6.45, 7) is 0. The van der Waals surface area contributed by atoms with Crippen molar-refractivity contribution in [3.63, 3.8) is 0 Å². The summed E-state index contributed by atoms with van der Waals surface area (Å²) < 4.78 is 10.6. The van der Waals surface area contributed by atoms with Gasteiger partial charge in [-0.1, -0.05) is 6.07 Å². The molecule has 3 aromatic rings. The van der Waals surface area contributed by atoms with Gasteiger partial charge in [0.25, 0.3) is 0 Å². The Morgan fingerprint density at radius 2 is 2.00 bits per heavy atom. The van der Waals surface area contributed by atoms with Crippen molar-refractivity contribution in [2.45, 2.75) is 0 Å². The first-order chi connectivity index (χ1) is 10.8. The van der Waals surface area contributed by atoms with E-state index in [4.69, 9.17) is 9.47 Å². The average Bonchev–Trinajstić information content (AvgIpc) is 3.03. The molecular formula is C16H15N3O2S. The molecule has 0 amide bonds. The van der Waals surface area contributed by atoms with Gasteiger partial charge in [-0.2, -0.15) is 0 Å². The molecule has 0 fully saturated rings. The van der Waals surface area contributed by atoms with Crippen LogP contribution < -0.4 is 14.8 Å². The van der Waals surface area contributed by atoms with Gasteiger partial charge in [-0.25, -0.2) is 9.97 Å². The summed E-state index contributed by atoms with van der Waals surface area (Å²) in [4.78, 5) is 8.81. The number of nitrogens with zero attached hydrogens (tertiary/aromatic N) is 2. The highest BCUT2D eigenvalue weighted by molar-refractivity contribution is 7.14. The Kier molecular flexibility index (Phi) is 4.20. The van der Waals surface area contributed by atoms with Crippen LogP contribution in [-0.2, 0) is 0 Å². The summed E-state index contributed by atoms with van der Waals surface area (Å²) in [5.74, 6) is 2.25. The molecule has 0 saturated carbocycles. The van der Waals surface area contributed by atoms with Gasteiger partial charge >= 0.3 is 0 Å². The molecule has 0 spiro atoms. The predicted octanol–water partition coefficient (Wildman–Crippen LogP) is 3.97. The zero-order valence-corrected chi connectivity index (χ0v) is 13.1. The molecule has 0 aliphatic heterocycles. The lowest BCUT2D eigenvalue weighted by Gasteiger charge is -2.08. The van der Waals surface area contributed by atoms with Crippen LogP contribution in [0.3, 0.4) is 0 Å². The molecule has 0 bridgehead atoms. The van der Waals surface area contributed by atoms with E-state index < -0.39 is 0 Å². The minimum absolute atomic E-state index is 0.731. The normalized spacial score (nSPS) is 10.3. The third-order valence-electron chi connectivity index (χ3n) is 3.09. The van der Waals surface area contributed by atoms with Gasteiger partial charge in [0, 0.05) is 23.2 Å². The van der Waals surface area contributed by atoms with E-state index in [2.05, 4.69) is 15.3 Å². The molecule has 0 unspecified atom stereocenters. The zero-order valence-electron chi connectivity index (χ0n) is 12.2. The highest BCUT2D eigenvalue weighted by Crippen LogP contribution is 2.35. The van der Waals surface area contributed by atoms with Crippen LogP contribution in [0.5, 0.6) is 11.5 Å². The molecule has 0 aliphatic carbocycles. The van der Waals surface area contributed by atoms with Crippen molar-refractivity contribution in [3.8, 4) is 22.8 Å². The molecular weight excluding hydrogens is 298 g/mol. The van der Waals surface area contributed by atoms with Gasteiger partial charge in [-0.15, -0.1) is 11.3 Å². The Morgan fingerprint density at radius 1 is 1.09 bits per heavy atom. The number of nitrogens with one attached hydrogen (secondary N) is 1. The number of pyridine rings is 1. The standard InChI is InChI=1S/C16H15N3O2S/c1-20-11-6-7-12(14(9-11)21-2)13-10-22-16(18-13)19-15-5-3-4-8-17-15/h3-10H,1-2H3,(H,17,18,19). The minimum Gasteiger partial charge on any atom is -0.497 e. The van der Waals surface area contributed by atoms with E-state index in [1.54, 1.807) is 20.4 Å². The summed E-state index contributed by atoms with van der Waals surface area (Å²) in [6.07, 6.45) is 1.74. The first kappa shape index (κ1) is 14.3. The van der Waals surface area contributed by atoms with E-state index >= 15 is 0 Å². The van der Waals surface area contributed by atoms with Crippen molar-refractivity contribution in [2.24, 2.45) is 0 Å². The van der Waals surface area contributed by atoms with Crippen LogP contribution in [0.15, 0.2) is 48.0 Å². The first-order valence-electron chi connectivity index (χ1n) is 6.66. The second kappa shape index (κ2) is 6.44. The molecule has 5 nitrogen and oxygen atoms in total. The van der Waals surface area contributed by atoms with Crippen LogP contribution in [-0.4, -0.2) is 24.2 Å². The molecule has 22 heavy (non-hydrogen) atoms. The van der Waals surface area contributed by atoms with Crippen molar-refractivity contribution in [2.75, 3.05) is 19.5 Å². The van der Waals surface area contributed by atoms with E-state index in [1.165, 1.54) is 11.3 Å². The van der Waals surface area contributed by atoms with E-state index in [0.717, 1.165) is 33.7 Å². The van der Waals surface area contributed by atoms with Crippen LogP contribution in [0.4, 0.5) is 10.9 Å². The molecule has 6 heteroatoms. The Morgan fingerprint density at radius 3 is 2.73 bits per heavy atom. The predicted molar refractivity (Wildman–Crippen MR) is 88.2 cm³/mol. The molecule has 1 aromatic carbocycles. The second-order valence-corrected chi connectivity index (χ2v) is 5.30. The van der Waals surface area contributed by atoms with Crippen molar-refractivity contribution in [3.05, 3.63) is 48.0 Å². The number of methoxy groups -OCH3 is 2. The van der Waals surface area contributed by atoms with Crippen LogP contribution in [0.25, 0.3) is 11.3 Å². The Bertz CT molecular complexity index is 759. The number of thiazole rings is 1. The van der Waals surface area contributed by atoms with Gasteiger partial charge in [0.15, 0.2) is 5.13 Å². The van der Waals surface area contributed by atoms with Gasteiger partial charge < -0.3 is 14.8 Å². The maximum atomic E-state index is 5.42. The van der Waals surface area contributed by atoms with E-state index in [0.29, 0.717) is 0 Å². The van der Waals surface area contributed by atoms with Gasteiger partial charge in [-0.3, -0.25) is 0 Å². The molecule has 0 saturated heterocycles. The second-order valence-electron chi connectivity index (χ2n) is 4.44. The van der Waals surface area contributed by atoms with Crippen LogP contribution in [0, 0.1) is 0 Å². The fraction of sp³-hybridized carbons (Fsp3) is 0.125. The van der Waals surface area contributed by atoms with Crippen LogP contribution in [0.2, 0.25) is 0 Å². The Labute approximate surface area is 132 Å². The molecule has 1 N–H and O–H groups in total. The lowest BCUT2D eigenvalue weighted by atomic mass is 10.1. The lowest BCUT2D eigenvalue weighted by Crippen LogP contribution is -1.93. The smallest absolute Gasteiger partial charge is 0.188 e. The lowest BCUT2D eigenvalue weighted by molar-refractivity contribution is 0.395. The summed E-state index contributed by atoms with van der Waals surface area (Å²) in [6, 6.07) is 11.4. The molecule has 0 atom stereocenters. The molecule has 0 aliphatic rings. The highest BCUT2D eigenvalue weighted by Gasteiger charge is 2.11. The molecule has 3 rings (SSSR count). The van der Waals surface area contributed by atoms with Crippen molar-refractivity contribution in [1.29, 1.82) is 0 Å². The Balaban J connectivity index is 1.87. The maximum Gasteiger partial charge on any atom is 0.188 e. The molecule has 2 heterocycles. The number of anilines is 2. The number of hydrogen-bond donors (Lipinski definition) is 1. The van der Waals surface area contributed by atoms with E-state index in [-0.39, 0.29) is 0 Å². The summed E-state index contributed by atoms with van der Waals surface area (Å²) in [5, 5.41) is 5.95. The summed E-state index contributed by atoms with van der Waals surface area (Å²) in [7, 11) is 3.27. The highest BCUT2D eigenvalue weighted by atomic mass is 32.1. The monoisotopic (exact) mass is 313 g/mol. The van der Waals surface area contributed by atoms with Gasteiger partial charge in [-0.05, 0) is 24.3 Å². The fourth-order valence-corrected chi connectivity index (χ4v) is 2.73. The summed E-state index contributed by atoms with van der Waals surface area (Å²) >= 11 is 1.52. The maximum absolute atomic E-state index is 5.42. The molecule has 0 radical (unpaired) electrons. The zero-order chi connectivity index (χ0) is 15.4. The SMILES string of the molecule is COc1ccc(-c2csc(Nc3ccccn3)n2)c(OC)c1. The fourth-order valence-electron chi connectivity index (χ4n) is 2.01. The van der Waals surface area contributed by atoms with E-state index in [1.807, 2.05) is 41.8 Å². The number of aromatic nitrogens is 2. The quantitative estimate of drug-likeness (QED) is 0.772. The first-order valence-corrected chi connectivity index (χ1v) is 7.54. The summed E-state index contributed by atoms with van der Waals surface area (Å²) in [5.41, 5.74) is 1.77. The molecule has 112 valence electrons. The van der Waals surface area contributed by atoms with Gasteiger partial charge in [0.05, 0.1) is 19.9 Å². The number of benzene rings is 1. The van der Waals surface area contributed by atoms with Crippen LogP contribution >= 0.6 is 11.3 Å². The average molecular weight is 313 g/mol. The third kappa shape index (κ3) is 3.01. The minimum atomic E-state index is 0.731. The number of hydrogen-bond acceptors (Lipinski definition) is 6. The van der Waals surface area contributed by atoms with Crippen molar-refractivity contribution < 1.29 is 9.47 Å². The van der Waals surface area contributed by atoms with Crippen molar-refractivity contribution in [1.82, 2.24) is 9.97 Å². The topological polar surface area (TPSA) is 56.3 Å². The Hall–Kier alpha value is -2.60. The van der Waals surface area contributed by atoms with E-state index in [9.17, 15) is 0 Å².